The summed E-state index contributed by atoms with van der Waals surface area (Å²) < 4.78 is 1.76. The summed E-state index contributed by atoms with van der Waals surface area (Å²) in [5.74, 6) is -0.254. The van der Waals surface area contributed by atoms with Crippen LogP contribution in [0.1, 0.15) is 18.0 Å². The second kappa shape index (κ2) is 4.85. The Morgan fingerprint density at radius 1 is 1.71 bits per heavy atom. The minimum Gasteiger partial charge on any atom is -0.369 e. The van der Waals surface area contributed by atoms with Crippen LogP contribution in [-0.4, -0.2) is 40.2 Å². The van der Waals surface area contributed by atoms with Gasteiger partial charge in [-0.3, -0.25) is 14.4 Å². The van der Waals surface area contributed by atoms with Gasteiger partial charge >= 0.3 is 0 Å². The van der Waals surface area contributed by atoms with Crippen molar-refractivity contribution in [1.82, 2.24) is 14.7 Å². The maximum Gasteiger partial charge on any atom is 0.221 e. The number of rotatable bonds is 4. The van der Waals surface area contributed by atoms with E-state index in [2.05, 4.69) is 10.00 Å². The molecule has 1 fully saturated rings. The minimum atomic E-state index is -0.213. The quantitative estimate of drug-likeness (QED) is 0.719. The molecule has 4 N–H and O–H groups in total. The number of hydrogen-bond donors (Lipinski definition) is 2. The average Bonchev–Trinajstić information content (AvgIpc) is 2.89. The molecule has 1 aliphatic heterocycles. The van der Waals surface area contributed by atoms with E-state index in [1.54, 1.807) is 4.68 Å². The highest BCUT2D eigenvalue weighted by atomic mass is 16.1. The molecule has 0 aromatic carbocycles. The molecule has 1 aromatic heterocycles. The zero-order valence-corrected chi connectivity index (χ0v) is 10.0. The summed E-state index contributed by atoms with van der Waals surface area (Å²) in [5.41, 5.74) is 12.2. The van der Waals surface area contributed by atoms with Crippen LogP contribution in [0, 0.1) is 5.92 Å². The third-order valence-electron chi connectivity index (χ3n) is 3.40. The minimum absolute atomic E-state index is 0.0410. The van der Waals surface area contributed by atoms with Crippen LogP contribution in [-0.2, 0) is 11.8 Å². The van der Waals surface area contributed by atoms with Gasteiger partial charge in [-0.25, -0.2) is 0 Å². The summed E-state index contributed by atoms with van der Waals surface area (Å²) >= 11 is 0. The highest BCUT2D eigenvalue weighted by Gasteiger charge is 2.31. The van der Waals surface area contributed by atoms with Crippen LogP contribution in [0.2, 0.25) is 0 Å². The Kier molecular flexibility index (Phi) is 3.44. The molecule has 17 heavy (non-hydrogen) atoms. The molecule has 1 aliphatic rings. The first-order valence-electron chi connectivity index (χ1n) is 5.83. The SMILES string of the molecule is Cn1cc(C(CN)N2CCC(C(N)=O)C2)cn1. The number of nitrogens with zero attached hydrogens (tertiary/aromatic N) is 3. The summed E-state index contributed by atoms with van der Waals surface area (Å²) in [6.07, 6.45) is 4.62. The number of likely N-dealkylation sites (tertiary alicyclic amines) is 1. The number of aromatic nitrogens is 2. The first-order valence-corrected chi connectivity index (χ1v) is 5.83. The van der Waals surface area contributed by atoms with Crippen molar-refractivity contribution in [2.75, 3.05) is 19.6 Å². The smallest absolute Gasteiger partial charge is 0.221 e. The van der Waals surface area contributed by atoms with Crippen LogP contribution in [0.5, 0.6) is 0 Å². The van der Waals surface area contributed by atoms with Crippen molar-refractivity contribution in [3.63, 3.8) is 0 Å². The van der Waals surface area contributed by atoms with Gasteiger partial charge in [0.05, 0.1) is 18.2 Å². The number of aryl methyl sites for hydroxylation is 1. The van der Waals surface area contributed by atoms with Crippen molar-refractivity contribution >= 4 is 5.91 Å². The van der Waals surface area contributed by atoms with E-state index in [1.807, 2.05) is 19.4 Å². The Bertz CT molecular complexity index is 402. The van der Waals surface area contributed by atoms with Crippen molar-refractivity contribution in [2.24, 2.45) is 24.4 Å². The largest absolute Gasteiger partial charge is 0.369 e. The number of hydrogen-bond acceptors (Lipinski definition) is 4. The van der Waals surface area contributed by atoms with Crippen molar-refractivity contribution in [1.29, 1.82) is 0 Å². The molecule has 0 spiro atoms. The van der Waals surface area contributed by atoms with Crippen LogP contribution in [0.15, 0.2) is 12.4 Å². The van der Waals surface area contributed by atoms with Crippen LogP contribution in [0.25, 0.3) is 0 Å². The van der Waals surface area contributed by atoms with Crippen LogP contribution in [0.3, 0.4) is 0 Å². The van der Waals surface area contributed by atoms with Crippen LogP contribution >= 0.6 is 0 Å². The molecule has 6 heteroatoms. The number of carbonyl (C=O) groups excluding carboxylic acids is 1. The molecule has 2 heterocycles. The number of carbonyl (C=O) groups is 1. The zero-order valence-electron chi connectivity index (χ0n) is 10.0. The second-order valence-electron chi connectivity index (χ2n) is 4.58. The molecule has 6 nitrogen and oxygen atoms in total. The lowest BCUT2D eigenvalue weighted by atomic mass is 10.1. The fraction of sp³-hybridized carbons (Fsp3) is 0.636. The van der Waals surface area contributed by atoms with E-state index in [0.29, 0.717) is 13.1 Å². The van der Waals surface area contributed by atoms with Crippen molar-refractivity contribution < 1.29 is 4.79 Å². The van der Waals surface area contributed by atoms with Gasteiger partial charge in [0.2, 0.25) is 5.91 Å². The molecule has 2 atom stereocenters. The molecule has 0 saturated carbocycles. The Morgan fingerprint density at radius 2 is 2.47 bits per heavy atom. The zero-order chi connectivity index (χ0) is 12.4. The Labute approximate surface area is 101 Å². The van der Waals surface area contributed by atoms with Gasteiger partial charge in [-0.05, 0) is 13.0 Å². The Hall–Kier alpha value is -1.40. The van der Waals surface area contributed by atoms with Crippen molar-refractivity contribution in [3.8, 4) is 0 Å². The molecule has 1 aromatic rings. The van der Waals surface area contributed by atoms with E-state index in [0.717, 1.165) is 18.5 Å². The van der Waals surface area contributed by atoms with Gasteiger partial charge in [-0.1, -0.05) is 0 Å². The maximum atomic E-state index is 11.1. The molecule has 0 aliphatic carbocycles. The molecular formula is C11H19N5O. The highest BCUT2D eigenvalue weighted by Crippen LogP contribution is 2.26. The molecule has 0 radical (unpaired) electrons. The molecule has 0 bridgehead atoms. The van der Waals surface area contributed by atoms with Crippen molar-refractivity contribution in [2.45, 2.75) is 12.5 Å². The van der Waals surface area contributed by atoms with Gasteiger partial charge in [0.15, 0.2) is 0 Å². The maximum absolute atomic E-state index is 11.1. The van der Waals surface area contributed by atoms with E-state index in [4.69, 9.17) is 11.5 Å². The topological polar surface area (TPSA) is 90.2 Å². The first kappa shape index (κ1) is 12.1. The molecular weight excluding hydrogens is 218 g/mol. The monoisotopic (exact) mass is 237 g/mol. The lowest BCUT2D eigenvalue weighted by molar-refractivity contribution is -0.121. The van der Waals surface area contributed by atoms with Gasteiger partial charge in [-0.2, -0.15) is 5.10 Å². The van der Waals surface area contributed by atoms with Gasteiger partial charge in [0.1, 0.15) is 0 Å². The normalized spacial score (nSPS) is 22.8. The third-order valence-corrected chi connectivity index (χ3v) is 3.40. The fourth-order valence-electron chi connectivity index (χ4n) is 2.41. The summed E-state index contributed by atoms with van der Waals surface area (Å²) in [6, 6.07) is 0.132. The van der Waals surface area contributed by atoms with Gasteiger partial charge in [0.25, 0.3) is 0 Å². The summed E-state index contributed by atoms with van der Waals surface area (Å²) in [6.45, 7) is 2.09. The standard InChI is InChI=1S/C11H19N5O/c1-15-6-9(5-14-15)10(4-12)16-3-2-8(7-16)11(13)17/h5-6,8,10H,2-4,7,12H2,1H3,(H2,13,17). The summed E-state index contributed by atoms with van der Waals surface area (Å²) in [5, 5.41) is 4.15. The summed E-state index contributed by atoms with van der Waals surface area (Å²) in [4.78, 5) is 13.4. The third kappa shape index (κ3) is 2.48. The van der Waals surface area contributed by atoms with E-state index < -0.39 is 0 Å². The van der Waals surface area contributed by atoms with Gasteiger partial charge in [-0.15, -0.1) is 0 Å². The number of primary amides is 1. The molecule has 94 valence electrons. The van der Waals surface area contributed by atoms with Gasteiger partial charge < -0.3 is 11.5 Å². The predicted octanol–water partition coefficient (Wildman–Crippen LogP) is -0.773. The fourth-order valence-corrected chi connectivity index (χ4v) is 2.41. The van der Waals surface area contributed by atoms with Crippen LogP contribution in [0.4, 0.5) is 0 Å². The van der Waals surface area contributed by atoms with E-state index in [9.17, 15) is 4.79 Å². The Morgan fingerprint density at radius 3 is 2.94 bits per heavy atom. The highest BCUT2D eigenvalue weighted by molar-refractivity contribution is 5.77. The Balaban J connectivity index is 2.08. The van der Waals surface area contributed by atoms with Crippen LogP contribution < -0.4 is 11.5 Å². The summed E-state index contributed by atoms with van der Waals surface area (Å²) in [7, 11) is 1.88. The molecule has 2 rings (SSSR count). The average molecular weight is 237 g/mol. The number of amides is 1. The van der Waals surface area contributed by atoms with E-state index in [1.165, 1.54) is 0 Å². The first-order chi connectivity index (χ1) is 8.11. The predicted molar refractivity (Wildman–Crippen MR) is 63.9 cm³/mol. The van der Waals surface area contributed by atoms with Gasteiger partial charge in [0, 0.05) is 31.9 Å². The van der Waals surface area contributed by atoms with Crippen molar-refractivity contribution in [3.05, 3.63) is 18.0 Å². The van der Waals surface area contributed by atoms with E-state index >= 15 is 0 Å². The van der Waals surface area contributed by atoms with E-state index in [-0.39, 0.29) is 17.9 Å². The lowest BCUT2D eigenvalue weighted by Gasteiger charge is -2.25. The molecule has 1 amide bonds. The lowest BCUT2D eigenvalue weighted by Crippen LogP contribution is -2.33. The second-order valence-corrected chi connectivity index (χ2v) is 4.58. The molecule has 2 unspecified atom stereocenters. The number of nitrogens with two attached hydrogens (primary N) is 2. The molecule has 1 saturated heterocycles.